The van der Waals surface area contributed by atoms with Gasteiger partial charge in [0.05, 0.1) is 39.1 Å². The van der Waals surface area contributed by atoms with Crippen LogP contribution in [0.15, 0.2) is 158 Å². The number of hydrogen-bond donors (Lipinski definition) is 0. The largest absolute Gasteiger partial charge is 0.457 e. The molecule has 4 aromatic heterocycles. The van der Waals surface area contributed by atoms with E-state index in [2.05, 4.69) is 41.6 Å². The molecule has 302 valence electrons. The smallest absolute Gasteiger partial charge is 0.137 e. The Hall–Kier alpha value is -7.51. The number of aryl methyl sites for hydroxylation is 3. The number of rotatable bonds is 5. The lowest BCUT2D eigenvalue weighted by Gasteiger charge is -2.27. The van der Waals surface area contributed by atoms with Gasteiger partial charge in [0.25, 0.3) is 0 Å². The molecule has 12 rings (SSSR count). The zero-order valence-electron chi connectivity index (χ0n) is 43.3. The monoisotopic (exact) mass is 815 g/mol. The summed E-state index contributed by atoms with van der Waals surface area (Å²) in [5.74, 6) is 1.60. The summed E-state index contributed by atoms with van der Waals surface area (Å²) in [5, 5.41) is 4.82. The van der Waals surface area contributed by atoms with Gasteiger partial charge in [0, 0.05) is 93.7 Å². The predicted molar refractivity (Wildman–Crippen MR) is 259 cm³/mol. The molecule has 1 aliphatic rings. The molecule has 11 aromatic rings. The molecule has 7 heteroatoms. The highest BCUT2D eigenvalue weighted by atomic mass is 16.5. The van der Waals surface area contributed by atoms with Gasteiger partial charge in [-0.05, 0) is 96.2 Å². The molecule has 0 bridgehead atoms. The third-order valence-corrected chi connectivity index (χ3v) is 12.5. The van der Waals surface area contributed by atoms with Gasteiger partial charge in [0.1, 0.15) is 24.0 Å². The quantitative estimate of drug-likeness (QED) is 0.174. The Labute approximate surface area is 372 Å². The maximum absolute atomic E-state index is 9.00. The minimum Gasteiger partial charge on any atom is -0.457 e. The number of nitrogens with zero attached hydrogens (tertiary/aromatic N) is 6. The van der Waals surface area contributed by atoms with Crippen LogP contribution in [0, 0.1) is 6.85 Å². The molecule has 5 heterocycles. The summed E-state index contributed by atoms with van der Waals surface area (Å²) in [6, 6.07) is 47.9. The predicted octanol–water partition coefficient (Wildman–Crippen LogP) is 14.1. The van der Waals surface area contributed by atoms with Crippen LogP contribution in [0.25, 0.3) is 71.2 Å². The number of benzene rings is 7. The van der Waals surface area contributed by atoms with Crippen LogP contribution in [0.4, 0.5) is 22.7 Å². The van der Waals surface area contributed by atoms with Crippen molar-refractivity contribution in [1.29, 1.82) is 0 Å². The lowest BCUT2D eigenvalue weighted by molar-refractivity contribution is 0.479. The third kappa shape index (κ3) is 5.34. The van der Waals surface area contributed by atoms with E-state index in [0.717, 1.165) is 55.2 Å². The molecule has 62 heavy (non-hydrogen) atoms. The lowest BCUT2D eigenvalue weighted by Crippen LogP contribution is -2.25. The fourth-order valence-corrected chi connectivity index (χ4v) is 9.60. The summed E-state index contributed by atoms with van der Waals surface area (Å²) in [7, 11) is 0. The fraction of sp³-hybridized carbons (Fsp3) is 0.145. The number of pyridine rings is 1. The second-order valence-electron chi connectivity index (χ2n) is 17.2. The van der Waals surface area contributed by atoms with E-state index >= 15 is 0 Å². The summed E-state index contributed by atoms with van der Waals surface area (Å²) in [5.41, 5.74) is 7.24. The van der Waals surface area contributed by atoms with Crippen LogP contribution >= 0.6 is 0 Å². The first-order valence-corrected chi connectivity index (χ1v) is 20.7. The van der Waals surface area contributed by atoms with Gasteiger partial charge in [-0.2, -0.15) is 0 Å². The Kier molecular flexibility index (Phi) is 6.00. The first-order valence-electron chi connectivity index (χ1n) is 25.2. The van der Waals surface area contributed by atoms with Crippen LogP contribution in [-0.2, 0) is 19.4 Å². The Morgan fingerprint density at radius 1 is 0.548 bits per heavy atom. The summed E-state index contributed by atoms with van der Waals surface area (Å²) in [6.07, 6.45) is 1.53. The molecular formula is C55H46N6O. The summed E-state index contributed by atoms with van der Waals surface area (Å²) in [6.45, 7) is -0.968. The summed E-state index contributed by atoms with van der Waals surface area (Å²) in [4.78, 5) is 8.87. The topological polar surface area (TPSA) is 43.4 Å². The highest BCUT2D eigenvalue weighted by Gasteiger charge is 2.33. The van der Waals surface area contributed by atoms with Gasteiger partial charge in [-0.3, -0.25) is 4.57 Å². The van der Waals surface area contributed by atoms with Crippen LogP contribution in [0.2, 0.25) is 0 Å². The Morgan fingerprint density at radius 2 is 1.16 bits per heavy atom. The molecule has 0 amide bonds. The normalized spacial score (nSPS) is 16.0. The molecule has 0 unspecified atom stereocenters. The standard InChI is InChI=1S/C55H46N6O/c1-34-25-26-56-51(27-34)61-47-20-12-9-15-39(47)42-24-23-37(31-50(42)61)62-38-29-35(55(2,3)4)28-36(30-38)59-33-60(49-22-14-13-21-48(49)59)54-52-43(40-16-7-10-18-45(40)57(52)5)32-44-41-17-8-11-19-46(41)58(6)53(44)54/h7-32H,33H2,1-6H3/i1D3,5D3,6D3. The summed E-state index contributed by atoms with van der Waals surface area (Å²) >= 11 is 0. The average Bonchev–Trinajstić information content (AvgIpc) is 4.07. The molecule has 0 fully saturated rings. The number of ether oxygens (including phenoxy) is 1. The van der Waals surface area contributed by atoms with Crippen molar-refractivity contribution < 1.29 is 17.1 Å². The van der Waals surface area contributed by atoms with Gasteiger partial charge in [-0.1, -0.05) is 87.5 Å². The van der Waals surface area contributed by atoms with Crippen molar-refractivity contribution in [3.63, 3.8) is 0 Å². The number of para-hydroxylation sites is 5. The van der Waals surface area contributed by atoms with Crippen molar-refractivity contribution in [2.75, 3.05) is 16.5 Å². The molecule has 0 aliphatic carbocycles. The molecule has 1 aliphatic heterocycles. The zero-order valence-corrected chi connectivity index (χ0v) is 34.3. The Balaban J connectivity index is 1.05. The SMILES string of the molecule is [2H]C([2H])([2H])c1ccnc(-n2c3ccccc3c3ccc(Oc4cc(N5CN(c6c7c(cc8c9ccccc9n(C([2H])([2H])[2H])c68)c6ccccc6n7C([2H])([2H])[2H])c6ccccc65)cc(C(C)(C)C)c4)cc32)c1. The maximum Gasteiger partial charge on any atom is 0.137 e. The fourth-order valence-electron chi connectivity index (χ4n) is 9.60. The van der Waals surface area contributed by atoms with Gasteiger partial charge in [0.15, 0.2) is 0 Å². The number of aromatic nitrogens is 4. The first kappa shape index (κ1) is 28.1. The van der Waals surface area contributed by atoms with Crippen molar-refractivity contribution in [1.82, 2.24) is 18.7 Å². The van der Waals surface area contributed by atoms with E-state index < -0.39 is 20.8 Å². The third-order valence-electron chi connectivity index (χ3n) is 12.5. The van der Waals surface area contributed by atoms with Crippen molar-refractivity contribution in [2.24, 2.45) is 14.0 Å². The van der Waals surface area contributed by atoms with Gasteiger partial charge in [0.2, 0.25) is 0 Å². The molecule has 7 nitrogen and oxygen atoms in total. The van der Waals surface area contributed by atoms with E-state index in [1.54, 1.807) is 6.07 Å². The van der Waals surface area contributed by atoms with Crippen molar-refractivity contribution in [3.8, 4) is 17.3 Å². The van der Waals surface area contributed by atoms with Crippen LogP contribution < -0.4 is 14.5 Å². The molecule has 0 N–H and O–H groups in total. The lowest BCUT2D eigenvalue weighted by atomic mass is 9.86. The first-order chi connectivity index (χ1) is 33.8. The van der Waals surface area contributed by atoms with E-state index in [1.807, 2.05) is 138 Å². The number of fused-ring (bicyclic) bond motifs is 10. The minimum absolute atomic E-state index is 0.190. The molecule has 0 saturated heterocycles. The van der Waals surface area contributed by atoms with Crippen LogP contribution in [-0.4, -0.2) is 25.4 Å². The molecular weight excluding hydrogens is 761 g/mol. The Bertz CT molecular complexity index is 3880. The highest BCUT2D eigenvalue weighted by molar-refractivity contribution is 6.25. The van der Waals surface area contributed by atoms with Gasteiger partial charge in [-0.15, -0.1) is 0 Å². The second-order valence-corrected chi connectivity index (χ2v) is 17.2. The average molecular weight is 816 g/mol. The van der Waals surface area contributed by atoms with Crippen LogP contribution in [0.1, 0.15) is 44.2 Å². The molecule has 0 radical (unpaired) electrons. The molecule has 7 aromatic carbocycles. The van der Waals surface area contributed by atoms with Crippen molar-refractivity contribution in [3.05, 3.63) is 169 Å². The second kappa shape index (κ2) is 13.2. The van der Waals surface area contributed by atoms with Crippen molar-refractivity contribution in [2.45, 2.75) is 33.0 Å². The van der Waals surface area contributed by atoms with E-state index in [1.165, 1.54) is 21.4 Å². The van der Waals surface area contributed by atoms with Gasteiger partial charge < -0.3 is 23.7 Å². The molecule has 0 atom stereocenters. The molecule has 0 spiro atoms. The van der Waals surface area contributed by atoms with E-state index in [9.17, 15) is 0 Å². The van der Waals surface area contributed by atoms with E-state index in [4.69, 9.17) is 17.1 Å². The van der Waals surface area contributed by atoms with Gasteiger partial charge in [-0.25, -0.2) is 4.98 Å². The maximum atomic E-state index is 9.00. The highest BCUT2D eigenvalue weighted by Crippen LogP contribution is 2.51. The van der Waals surface area contributed by atoms with E-state index in [-0.39, 0.29) is 17.6 Å². The van der Waals surface area contributed by atoms with Gasteiger partial charge >= 0.3 is 0 Å². The Morgan fingerprint density at radius 3 is 1.82 bits per heavy atom. The summed E-state index contributed by atoms with van der Waals surface area (Å²) < 4.78 is 90.0. The van der Waals surface area contributed by atoms with E-state index in [0.29, 0.717) is 55.8 Å². The zero-order chi connectivity index (χ0) is 49.5. The number of anilines is 4. The van der Waals surface area contributed by atoms with Crippen LogP contribution in [0.5, 0.6) is 11.5 Å². The number of hydrogen-bond acceptors (Lipinski definition) is 4. The molecule has 0 saturated carbocycles. The van der Waals surface area contributed by atoms with Crippen LogP contribution in [0.3, 0.4) is 0 Å². The van der Waals surface area contributed by atoms with Crippen molar-refractivity contribution >= 4 is 88.2 Å². The minimum atomic E-state index is -2.64.